The molecule has 0 aromatic heterocycles. The summed E-state index contributed by atoms with van der Waals surface area (Å²) < 4.78 is 11.2. The normalized spacial score (nSPS) is 10.4. The van der Waals surface area contributed by atoms with Gasteiger partial charge < -0.3 is 14.8 Å². The van der Waals surface area contributed by atoms with E-state index in [4.69, 9.17) is 9.47 Å². The van der Waals surface area contributed by atoms with Crippen LogP contribution < -0.4 is 14.8 Å². The molecule has 134 valence electrons. The summed E-state index contributed by atoms with van der Waals surface area (Å²) in [6.45, 7) is 6.89. The van der Waals surface area contributed by atoms with Gasteiger partial charge in [-0.25, -0.2) is 0 Å². The maximum atomic E-state index is 12.0. The second kappa shape index (κ2) is 9.72. The van der Waals surface area contributed by atoms with Gasteiger partial charge in [0.05, 0.1) is 6.61 Å². The van der Waals surface area contributed by atoms with E-state index in [9.17, 15) is 4.79 Å². The first-order valence-corrected chi connectivity index (χ1v) is 8.80. The maximum Gasteiger partial charge on any atom is 0.262 e. The van der Waals surface area contributed by atoms with Gasteiger partial charge in [-0.05, 0) is 67.8 Å². The molecule has 0 saturated heterocycles. The van der Waals surface area contributed by atoms with Gasteiger partial charge in [0, 0.05) is 5.69 Å². The Labute approximate surface area is 150 Å². The minimum Gasteiger partial charge on any atom is -0.494 e. The van der Waals surface area contributed by atoms with E-state index in [0.717, 1.165) is 35.6 Å². The summed E-state index contributed by atoms with van der Waals surface area (Å²) in [5.41, 5.74) is 2.96. The number of benzene rings is 2. The molecule has 2 aromatic rings. The highest BCUT2D eigenvalue weighted by Crippen LogP contribution is 2.18. The van der Waals surface area contributed by atoms with Crippen molar-refractivity contribution in [1.29, 1.82) is 0 Å². The number of hydrogen-bond donors (Lipinski definition) is 1. The lowest BCUT2D eigenvalue weighted by molar-refractivity contribution is -0.118. The lowest BCUT2D eigenvalue weighted by Gasteiger charge is -2.10. The molecule has 0 atom stereocenters. The fourth-order valence-corrected chi connectivity index (χ4v) is 2.54. The molecule has 4 heteroatoms. The summed E-state index contributed by atoms with van der Waals surface area (Å²) in [5, 5.41) is 2.83. The molecular weight excluding hydrogens is 314 g/mol. The summed E-state index contributed by atoms with van der Waals surface area (Å²) in [6, 6.07) is 13.3. The molecule has 0 bridgehead atoms. The highest BCUT2D eigenvalue weighted by Gasteiger charge is 2.05. The van der Waals surface area contributed by atoms with Crippen molar-refractivity contribution >= 4 is 11.6 Å². The van der Waals surface area contributed by atoms with E-state index in [1.165, 1.54) is 12.8 Å². The van der Waals surface area contributed by atoms with Crippen molar-refractivity contribution in [2.75, 3.05) is 18.5 Å². The first-order chi connectivity index (χ1) is 12.1. The van der Waals surface area contributed by atoms with E-state index in [1.54, 1.807) is 0 Å². The first-order valence-electron chi connectivity index (χ1n) is 8.80. The summed E-state index contributed by atoms with van der Waals surface area (Å²) >= 11 is 0. The Balaban J connectivity index is 1.78. The Morgan fingerprint density at radius 2 is 1.60 bits per heavy atom. The molecule has 0 radical (unpaired) electrons. The van der Waals surface area contributed by atoms with Crippen LogP contribution in [0.25, 0.3) is 0 Å². The van der Waals surface area contributed by atoms with E-state index in [-0.39, 0.29) is 12.5 Å². The van der Waals surface area contributed by atoms with Crippen molar-refractivity contribution in [1.82, 2.24) is 0 Å². The first kappa shape index (κ1) is 18.8. The van der Waals surface area contributed by atoms with Gasteiger partial charge in [0.2, 0.25) is 0 Å². The predicted octanol–water partition coefficient (Wildman–Crippen LogP) is 4.89. The number of unbranched alkanes of at least 4 members (excludes halogenated alkanes) is 2. The van der Waals surface area contributed by atoms with E-state index in [0.29, 0.717) is 5.75 Å². The topological polar surface area (TPSA) is 47.6 Å². The lowest BCUT2D eigenvalue weighted by Crippen LogP contribution is -2.20. The zero-order valence-corrected chi connectivity index (χ0v) is 15.3. The number of aryl methyl sites for hydroxylation is 2. The van der Waals surface area contributed by atoms with Gasteiger partial charge in [-0.2, -0.15) is 0 Å². The van der Waals surface area contributed by atoms with Crippen LogP contribution in [-0.2, 0) is 4.79 Å². The summed E-state index contributed by atoms with van der Waals surface area (Å²) in [5.74, 6) is 1.35. The second-order valence-corrected chi connectivity index (χ2v) is 6.24. The molecule has 1 amide bonds. The summed E-state index contributed by atoms with van der Waals surface area (Å²) in [6.07, 6.45) is 3.41. The van der Waals surface area contributed by atoms with Crippen LogP contribution in [0.15, 0.2) is 42.5 Å². The molecular formula is C21H27NO3. The molecule has 0 unspecified atom stereocenters. The smallest absolute Gasteiger partial charge is 0.262 e. The number of ether oxygens (including phenoxy) is 2. The number of nitrogens with one attached hydrogen (secondary N) is 1. The van der Waals surface area contributed by atoms with Gasteiger partial charge in [-0.3, -0.25) is 4.79 Å². The molecule has 4 nitrogen and oxygen atoms in total. The standard InChI is InChI=1S/C21H27NO3/c1-4-5-6-11-24-19-9-7-18(8-10-19)22-21(23)15-25-20-13-16(2)12-17(3)14-20/h7-10,12-14H,4-6,11,15H2,1-3H3,(H,22,23). The largest absolute Gasteiger partial charge is 0.494 e. The Morgan fingerprint density at radius 1 is 0.920 bits per heavy atom. The molecule has 0 aliphatic heterocycles. The molecule has 25 heavy (non-hydrogen) atoms. The molecule has 0 aliphatic carbocycles. The Hall–Kier alpha value is -2.49. The van der Waals surface area contributed by atoms with Crippen molar-refractivity contribution < 1.29 is 14.3 Å². The van der Waals surface area contributed by atoms with Crippen LogP contribution in [0.2, 0.25) is 0 Å². The molecule has 1 N–H and O–H groups in total. The van der Waals surface area contributed by atoms with Crippen LogP contribution in [0.3, 0.4) is 0 Å². The lowest BCUT2D eigenvalue weighted by atomic mass is 10.1. The Bertz CT molecular complexity index is 660. The van der Waals surface area contributed by atoms with Crippen LogP contribution in [0, 0.1) is 13.8 Å². The zero-order valence-electron chi connectivity index (χ0n) is 15.3. The quantitative estimate of drug-likeness (QED) is 0.661. The Kier molecular flexibility index (Phi) is 7.33. The summed E-state index contributed by atoms with van der Waals surface area (Å²) in [7, 11) is 0. The second-order valence-electron chi connectivity index (χ2n) is 6.24. The van der Waals surface area contributed by atoms with Crippen LogP contribution in [0.5, 0.6) is 11.5 Å². The minimum atomic E-state index is -0.184. The summed E-state index contributed by atoms with van der Waals surface area (Å²) in [4.78, 5) is 12.0. The number of carbonyl (C=O) groups is 1. The highest BCUT2D eigenvalue weighted by molar-refractivity contribution is 5.91. The van der Waals surface area contributed by atoms with Crippen LogP contribution in [0.1, 0.15) is 37.3 Å². The van der Waals surface area contributed by atoms with E-state index < -0.39 is 0 Å². The van der Waals surface area contributed by atoms with Crippen molar-refractivity contribution in [2.24, 2.45) is 0 Å². The molecule has 0 fully saturated rings. The third-order valence-corrected chi connectivity index (χ3v) is 3.72. The number of amides is 1. The number of carbonyl (C=O) groups excluding carboxylic acids is 1. The SMILES string of the molecule is CCCCCOc1ccc(NC(=O)COc2cc(C)cc(C)c2)cc1. The van der Waals surface area contributed by atoms with E-state index in [1.807, 2.05) is 50.2 Å². The number of anilines is 1. The van der Waals surface area contributed by atoms with Gasteiger partial charge >= 0.3 is 0 Å². The van der Waals surface area contributed by atoms with Crippen LogP contribution >= 0.6 is 0 Å². The fourth-order valence-electron chi connectivity index (χ4n) is 2.54. The molecule has 0 saturated carbocycles. The monoisotopic (exact) mass is 341 g/mol. The Morgan fingerprint density at radius 3 is 2.24 bits per heavy atom. The van der Waals surface area contributed by atoms with Gasteiger partial charge in [-0.15, -0.1) is 0 Å². The van der Waals surface area contributed by atoms with E-state index >= 15 is 0 Å². The predicted molar refractivity (Wildman–Crippen MR) is 102 cm³/mol. The van der Waals surface area contributed by atoms with Crippen molar-refractivity contribution in [2.45, 2.75) is 40.0 Å². The maximum absolute atomic E-state index is 12.0. The third kappa shape index (κ3) is 6.87. The number of hydrogen-bond acceptors (Lipinski definition) is 3. The van der Waals surface area contributed by atoms with Crippen molar-refractivity contribution in [3.8, 4) is 11.5 Å². The fraction of sp³-hybridized carbons (Fsp3) is 0.381. The van der Waals surface area contributed by atoms with Crippen LogP contribution in [0.4, 0.5) is 5.69 Å². The molecule has 0 spiro atoms. The average molecular weight is 341 g/mol. The molecule has 2 rings (SSSR count). The molecule has 0 aliphatic rings. The van der Waals surface area contributed by atoms with Crippen molar-refractivity contribution in [3.63, 3.8) is 0 Å². The van der Waals surface area contributed by atoms with Crippen LogP contribution in [-0.4, -0.2) is 19.1 Å². The van der Waals surface area contributed by atoms with Gasteiger partial charge in [-0.1, -0.05) is 25.8 Å². The van der Waals surface area contributed by atoms with Crippen molar-refractivity contribution in [3.05, 3.63) is 53.6 Å². The van der Waals surface area contributed by atoms with Gasteiger partial charge in [0.15, 0.2) is 6.61 Å². The van der Waals surface area contributed by atoms with E-state index in [2.05, 4.69) is 18.3 Å². The molecule has 0 heterocycles. The average Bonchev–Trinajstić information content (AvgIpc) is 2.58. The minimum absolute atomic E-state index is 0.0157. The zero-order chi connectivity index (χ0) is 18.1. The highest BCUT2D eigenvalue weighted by atomic mass is 16.5. The number of rotatable bonds is 9. The van der Waals surface area contributed by atoms with Gasteiger partial charge in [0.25, 0.3) is 5.91 Å². The molecule has 2 aromatic carbocycles. The third-order valence-electron chi connectivity index (χ3n) is 3.72. The van der Waals surface area contributed by atoms with Gasteiger partial charge in [0.1, 0.15) is 11.5 Å².